The Morgan fingerprint density at radius 3 is 2.31 bits per heavy atom. The lowest BCUT2D eigenvalue weighted by molar-refractivity contribution is 0.253. The summed E-state index contributed by atoms with van der Waals surface area (Å²) in [6.07, 6.45) is 0. The standard InChI is InChI=1S/C11H12N2/c1-9(6-12)13-7-10-4-2-3-5-11(10)8-13/h2-5,9H,7-8H2,1H3. The van der Waals surface area contributed by atoms with Gasteiger partial charge < -0.3 is 0 Å². The van der Waals surface area contributed by atoms with E-state index in [0.29, 0.717) is 0 Å². The molecule has 2 rings (SSSR count). The van der Waals surface area contributed by atoms with E-state index < -0.39 is 0 Å². The Hall–Kier alpha value is -1.33. The molecule has 66 valence electrons. The fraction of sp³-hybridized carbons (Fsp3) is 0.364. The first-order valence-electron chi connectivity index (χ1n) is 4.51. The smallest absolute Gasteiger partial charge is 0.0955 e. The van der Waals surface area contributed by atoms with Crippen molar-refractivity contribution >= 4 is 0 Å². The van der Waals surface area contributed by atoms with Crippen molar-refractivity contribution in [2.45, 2.75) is 26.1 Å². The third-order valence-corrected chi connectivity index (χ3v) is 2.60. The Morgan fingerprint density at radius 1 is 1.31 bits per heavy atom. The Kier molecular flexibility index (Phi) is 2.03. The second-order valence-corrected chi connectivity index (χ2v) is 3.48. The minimum absolute atomic E-state index is 0.0207. The molecule has 2 heteroatoms. The van der Waals surface area contributed by atoms with E-state index in [4.69, 9.17) is 5.26 Å². The van der Waals surface area contributed by atoms with Gasteiger partial charge in [0.25, 0.3) is 0 Å². The average Bonchev–Trinajstić information content (AvgIpc) is 2.59. The lowest BCUT2D eigenvalue weighted by atomic mass is 10.1. The van der Waals surface area contributed by atoms with Gasteiger partial charge in [0.1, 0.15) is 0 Å². The van der Waals surface area contributed by atoms with E-state index in [1.54, 1.807) is 0 Å². The molecule has 2 nitrogen and oxygen atoms in total. The topological polar surface area (TPSA) is 27.0 Å². The van der Waals surface area contributed by atoms with Gasteiger partial charge >= 0.3 is 0 Å². The maximum atomic E-state index is 8.78. The van der Waals surface area contributed by atoms with Crippen LogP contribution in [0, 0.1) is 11.3 Å². The third kappa shape index (κ3) is 1.43. The van der Waals surface area contributed by atoms with Gasteiger partial charge in [0, 0.05) is 13.1 Å². The monoisotopic (exact) mass is 172 g/mol. The first-order chi connectivity index (χ1) is 6.31. The largest absolute Gasteiger partial charge is 0.280 e. The van der Waals surface area contributed by atoms with Crippen LogP contribution in [-0.2, 0) is 13.1 Å². The zero-order valence-corrected chi connectivity index (χ0v) is 7.70. The molecule has 0 fully saturated rings. The highest BCUT2D eigenvalue weighted by Crippen LogP contribution is 2.23. The number of nitrogens with zero attached hydrogens (tertiary/aromatic N) is 2. The number of benzene rings is 1. The summed E-state index contributed by atoms with van der Waals surface area (Å²) in [6.45, 7) is 3.79. The van der Waals surface area contributed by atoms with Crippen molar-refractivity contribution < 1.29 is 0 Å². The molecular weight excluding hydrogens is 160 g/mol. The van der Waals surface area contributed by atoms with Crippen molar-refractivity contribution in [3.05, 3.63) is 35.4 Å². The molecule has 0 saturated carbocycles. The van der Waals surface area contributed by atoms with Crippen LogP contribution in [0.25, 0.3) is 0 Å². The van der Waals surface area contributed by atoms with Gasteiger partial charge in [-0.15, -0.1) is 0 Å². The minimum Gasteiger partial charge on any atom is -0.280 e. The summed E-state index contributed by atoms with van der Waals surface area (Å²) in [4.78, 5) is 2.19. The number of nitriles is 1. The molecule has 0 aliphatic carbocycles. The molecule has 0 aromatic heterocycles. The van der Waals surface area contributed by atoms with Crippen molar-refractivity contribution in [2.24, 2.45) is 0 Å². The van der Waals surface area contributed by atoms with Crippen molar-refractivity contribution in [2.75, 3.05) is 0 Å². The molecule has 1 aromatic carbocycles. The fourth-order valence-corrected chi connectivity index (χ4v) is 1.72. The first-order valence-corrected chi connectivity index (χ1v) is 4.51. The molecule has 0 bridgehead atoms. The number of rotatable bonds is 1. The summed E-state index contributed by atoms with van der Waals surface area (Å²) in [5, 5.41) is 8.78. The van der Waals surface area contributed by atoms with Gasteiger partial charge in [-0.25, -0.2) is 0 Å². The average molecular weight is 172 g/mol. The Morgan fingerprint density at radius 2 is 1.85 bits per heavy atom. The van der Waals surface area contributed by atoms with Crippen LogP contribution in [-0.4, -0.2) is 10.9 Å². The van der Waals surface area contributed by atoms with Crippen LogP contribution in [0.15, 0.2) is 24.3 Å². The van der Waals surface area contributed by atoms with Crippen LogP contribution in [0.5, 0.6) is 0 Å². The Labute approximate surface area is 78.4 Å². The van der Waals surface area contributed by atoms with Crippen LogP contribution in [0.3, 0.4) is 0 Å². The molecule has 0 N–H and O–H groups in total. The number of hydrogen-bond acceptors (Lipinski definition) is 2. The van der Waals surface area contributed by atoms with Crippen LogP contribution >= 0.6 is 0 Å². The highest BCUT2D eigenvalue weighted by molar-refractivity contribution is 5.30. The molecule has 0 amide bonds. The second-order valence-electron chi connectivity index (χ2n) is 3.48. The molecule has 13 heavy (non-hydrogen) atoms. The summed E-state index contributed by atoms with van der Waals surface area (Å²) < 4.78 is 0. The SMILES string of the molecule is CC(C#N)N1Cc2ccccc2C1. The third-order valence-electron chi connectivity index (χ3n) is 2.60. The lowest BCUT2D eigenvalue weighted by Crippen LogP contribution is -2.25. The second kappa shape index (κ2) is 3.20. The van der Waals surface area contributed by atoms with E-state index in [9.17, 15) is 0 Å². The van der Waals surface area contributed by atoms with E-state index in [2.05, 4.69) is 35.2 Å². The summed E-state index contributed by atoms with van der Waals surface area (Å²) in [6, 6.07) is 10.7. The normalized spacial score (nSPS) is 17.8. The first kappa shape index (κ1) is 8.28. The zero-order chi connectivity index (χ0) is 9.26. The highest BCUT2D eigenvalue weighted by atomic mass is 15.2. The maximum Gasteiger partial charge on any atom is 0.0955 e. The van der Waals surface area contributed by atoms with Crippen molar-refractivity contribution in [1.82, 2.24) is 4.90 Å². The van der Waals surface area contributed by atoms with Crippen molar-refractivity contribution in [1.29, 1.82) is 5.26 Å². The van der Waals surface area contributed by atoms with E-state index in [-0.39, 0.29) is 6.04 Å². The van der Waals surface area contributed by atoms with Crippen LogP contribution in [0.2, 0.25) is 0 Å². The van der Waals surface area contributed by atoms with Crippen molar-refractivity contribution in [3.8, 4) is 6.07 Å². The van der Waals surface area contributed by atoms with Crippen molar-refractivity contribution in [3.63, 3.8) is 0 Å². The van der Waals surface area contributed by atoms with E-state index in [1.807, 2.05) is 6.92 Å². The van der Waals surface area contributed by atoms with E-state index in [1.165, 1.54) is 11.1 Å². The quantitative estimate of drug-likeness (QED) is 0.647. The summed E-state index contributed by atoms with van der Waals surface area (Å²) in [5.41, 5.74) is 2.73. The van der Waals surface area contributed by atoms with E-state index in [0.717, 1.165) is 13.1 Å². The lowest BCUT2D eigenvalue weighted by Gasteiger charge is -2.16. The Balaban J connectivity index is 2.19. The highest BCUT2D eigenvalue weighted by Gasteiger charge is 2.21. The summed E-state index contributed by atoms with van der Waals surface area (Å²) in [7, 11) is 0. The molecule has 1 heterocycles. The summed E-state index contributed by atoms with van der Waals surface area (Å²) >= 11 is 0. The molecule has 1 unspecified atom stereocenters. The van der Waals surface area contributed by atoms with Gasteiger partial charge in [0.2, 0.25) is 0 Å². The van der Waals surface area contributed by atoms with Crippen LogP contribution < -0.4 is 0 Å². The molecule has 1 aliphatic rings. The van der Waals surface area contributed by atoms with Crippen LogP contribution in [0.1, 0.15) is 18.1 Å². The molecule has 0 saturated heterocycles. The zero-order valence-electron chi connectivity index (χ0n) is 7.70. The summed E-state index contributed by atoms with van der Waals surface area (Å²) in [5.74, 6) is 0. The molecule has 1 aromatic rings. The molecule has 0 spiro atoms. The fourth-order valence-electron chi connectivity index (χ4n) is 1.72. The van der Waals surface area contributed by atoms with E-state index >= 15 is 0 Å². The molecule has 1 aliphatic heterocycles. The predicted octanol–water partition coefficient (Wildman–Crippen LogP) is 1.91. The number of hydrogen-bond donors (Lipinski definition) is 0. The molecular formula is C11H12N2. The van der Waals surface area contributed by atoms with Gasteiger partial charge in [-0.2, -0.15) is 5.26 Å². The van der Waals surface area contributed by atoms with Crippen LogP contribution in [0.4, 0.5) is 0 Å². The minimum atomic E-state index is 0.0207. The van der Waals surface area contributed by atoms with Gasteiger partial charge in [-0.1, -0.05) is 24.3 Å². The Bertz CT molecular complexity index is 326. The molecule has 0 radical (unpaired) electrons. The van der Waals surface area contributed by atoms with Gasteiger partial charge in [-0.3, -0.25) is 4.90 Å². The van der Waals surface area contributed by atoms with Gasteiger partial charge in [0.15, 0.2) is 0 Å². The maximum absolute atomic E-state index is 8.78. The molecule has 1 atom stereocenters. The van der Waals surface area contributed by atoms with Gasteiger partial charge in [0.05, 0.1) is 12.1 Å². The predicted molar refractivity (Wildman–Crippen MR) is 50.8 cm³/mol. The van der Waals surface area contributed by atoms with Gasteiger partial charge in [-0.05, 0) is 18.1 Å². The number of fused-ring (bicyclic) bond motifs is 1.